The molecule has 0 saturated carbocycles. The van der Waals surface area contributed by atoms with Gasteiger partial charge in [0.15, 0.2) is 5.69 Å². The predicted octanol–water partition coefficient (Wildman–Crippen LogP) is 4.11. The van der Waals surface area contributed by atoms with Crippen molar-refractivity contribution < 1.29 is 9.72 Å². The van der Waals surface area contributed by atoms with Crippen molar-refractivity contribution >= 4 is 17.3 Å². The number of anilines is 1. The lowest BCUT2D eigenvalue weighted by Gasteiger charge is -2.33. The average Bonchev–Trinajstić information content (AvgIpc) is 3.18. The van der Waals surface area contributed by atoms with Gasteiger partial charge in [-0.05, 0) is 57.0 Å². The van der Waals surface area contributed by atoms with Crippen molar-refractivity contribution in [3.05, 3.63) is 75.6 Å². The lowest BCUT2D eigenvalue weighted by Crippen LogP contribution is -2.36. The normalized spacial score (nSPS) is 16.6. The molecule has 1 aromatic heterocycles. The van der Waals surface area contributed by atoms with E-state index in [1.807, 2.05) is 24.3 Å². The summed E-state index contributed by atoms with van der Waals surface area (Å²) in [4.78, 5) is 25.8. The Morgan fingerprint density at radius 1 is 1.22 bits per heavy atom. The molecule has 1 fully saturated rings. The number of carbonyl (C=O) groups excluding carboxylic acids is 1. The summed E-state index contributed by atoms with van der Waals surface area (Å²) in [5.74, 6) is -0.378. The van der Waals surface area contributed by atoms with E-state index in [2.05, 4.69) is 27.5 Å². The van der Waals surface area contributed by atoms with Crippen LogP contribution in [0.15, 0.2) is 48.5 Å². The molecule has 1 unspecified atom stereocenters. The molecule has 3 aromatic rings. The van der Waals surface area contributed by atoms with E-state index in [4.69, 9.17) is 0 Å². The lowest BCUT2D eigenvalue weighted by atomic mass is 10.0. The number of rotatable bonds is 6. The zero-order chi connectivity index (χ0) is 22.7. The molecule has 9 heteroatoms. The third-order valence-corrected chi connectivity index (χ3v) is 5.93. The van der Waals surface area contributed by atoms with Crippen LogP contribution in [0.3, 0.4) is 0 Å². The van der Waals surface area contributed by atoms with Crippen molar-refractivity contribution in [2.24, 2.45) is 0 Å². The predicted molar refractivity (Wildman–Crippen MR) is 121 cm³/mol. The Labute approximate surface area is 186 Å². The number of non-ortho nitro benzene ring substituents is 1. The largest absolute Gasteiger partial charge is 0.321 e. The zero-order valence-electron chi connectivity index (χ0n) is 18.2. The fourth-order valence-corrected chi connectivity index (χ4v) is 4.03. The second kappa shape index (κ2) is 9.27. The number of hydrogen-bond donors (Lipinski definition) is 1. The molecule has 1 N–H and O–H groups in total. The number of amides is 1. The van der Waals surface area contributed by atoms with E-state index in [-0.39, 0.29) is 17.3 Å². The first-order valence-corrected chi connectivity index (χ1v) is 10.7. The number of nitrogens with one attached hydrogen (secondary N) is 1. The number of benzene rings is 2. The van der Waals surface area contributed by atoms with E-state index in [9.17, 15) is 14.9 Å². The van der Waals surface area contributed by atoms with Gasteiger partial charge in [0.2, 0.25) is 0 Å². The summed E-state index contributed by atoms with van der Waals surface area (Å²) in [6, 6.07) is 14.5. The number of nitrogens with zero attached hydrogens (tertiary/aromatic N) is 5. The molecule has 166 valence electrons. The summed E-state index contributed by atoms with van der Waals surface area (Å²) in [7, 11) is 0. The van der Waals surface area contributed by atoms with E-state index in [0.29, 0.717) is 23.1 Å². The van der Waals surface area contributed by atoms with Crippen LogP contribution in [0, 0.1) is 17.0 Å². The molecule has 4 rings (SSSR count). The van der Waals surface area contributed by atoms with Gasteiger partial charge >= 0.3 is 0 Å². The maximum Gasteiger partial charge on any atom is 0.278 e. The van der Waals surface area contributed by atoms with Crippen LogP contribution in [0.25, 0.3) is 5.69 Å². The Kier molecular flexibility index (Phi) is 6.27. The first-order valence-electron chi connectivity index (χ1n) is 10.7. The van der Waals surface area contributed by atoms with Crippen molar-refractivity contribution in [1.29, 1.82) is 0 Å². The van der Waals surface area contributed by atoms with Crippen molar-refractivity contribution in [2.45, 2.75) is 45.7 Å². The summed E-state index contributed by atoms with van der Waals surface area (Å²) in [6.07, 6.45) is 3.78. The van der Waals surface area contributed by atoms with Crippen molar-refractivity contribution in [1.82, 2.24) is 19.9 Å². The van der Waals surface area contributed by atoms with E-state index < -0.39 is 4.92 Å². The quantitative estimate of drug-likeness (QED) is 0.462. The molecule has 0 spiro atoms. The molecule has 1 atom stereocenters. The number of nitro benzene ring substituents is 1. The Morgan fingerprint density at radius 2 is 2.00 bits per heavy atom. The molecular formula is C23H26N6O3. The summed E-state index contributed by atoms with van der Waals surface area (Å²) in [5.41, 5.74) is 2.97. The maximum atomic E-state index is 12.8. The first-order chi connectivity index (χ1) is 15.4. The van der Waals surface area contributed by atoms with Crippen molar-refractivity contribution in [3.8, 4) is 5.69 Å². The topological polar surface area (TPSA) is 106 Å². The Hall–Kier alpha value is -3.59. The van der Waals surface area contributed by atoms with Crippen LogP contribution in [0.4, 0.5) is 11.4 Å². The monoisotopic (exact) mass is 434 g/mol. The van der Waals surface area contributed by atoms with Crippen molar-refractivity contribution in [2.75, 3.05) is 11.9 Å². The van der Waals surface area contributed by atoms with Crippen LogP contribution in [0.1, 0.15) is 47.9 Å². The number of likely N-dealkylation sites (tertiary alicyclic amines) is 1. The molecule has 0 radical (unpaired) electrons. The number of carbonyl (C=O) groups is 1. The third-order valence-electron chi connectivity index (χ3n) is 5.93. The van der Waals surface area contributed by atoms with Gasteiger partial charge in [-0.2, -0.15) is 0 Å². The first kappa shape index (κ1) is 21.6. The molecule has 1 amide bonds. The molecule has 0 bridgehead atoms. The highest BCUT2D eigenvalue weighted by Gasteiger charge is 2.20. The number of nitro groups is 1. The van der Waals surface area contributed by atoms with Gasteiger partial charge in [0.1, 0.15) is 0 Å². The number of piperidine rings is 1. The molecule has 2 heterocycles. The van der Waals surface area contributed by atoms with Gasteiger partial charge in [0.05, 0.1) is 16.3 Å². The molecule has 1 aliphatic heterocycles. The molecular weight excluding hydrogens is 408 g/mol. The summed E-state index contributed by atoms with van der Waals surface area (Å²) >= 11 is 0. The second-order valence-electron chi connectivity index (χ2n) is 8.18. The summed E-state index contributed by atoms with van der Waals surface area (Å²) in [6.45, 7) is 6.01. The van der Waals surface area contributed by atoms with Crippen LogP contribution in [-0.4, -0.2) is 43.3 Å². The van der Waals surface area contributed by atoms with Gasteiger partial charge in [-0.3, -0.25) is 19.8 Å². The van der Waals surface area contributed by atoms with E-state index in [1.165, 1.54) is 41.6 Å². The third kappa shape index (κ3) is 4.67. The van der Waals surface area contributed by atoms with E-state index >= 15 is 0 Å². The maximum absolute atomic E-state index is 12.8. The highest BCUT2D eigenvalue weighted by Crippen LogP contribution is 2.21. The van der Waals surface area contributed by atoms with Crippen LogP contribution >= 0.6 is 0 Å². The molecule has 1 aliphatic rings. The molecule has 32 heavy (non-hydrogen) atoms. The fraction of sp³-hybridized carbons (Fsp3) is 0.348. The van der Waals surface area contributed by atoms with Gasteiger partial charge in [-0.15, -0.1) is 5.10 Å². The van der Waals surface area contributed by atoms with E-state index in [1.54, 1.807) is 19.1 Å². The summed E-state index contributed by atoms with van der Waals surface area (Å²) < 4.78 is 1.42. The molecule has 2 aromatic carbocycles. The number of aromatic nitrogens is 3. The summed E-state index contributed by atoms with van der Waals surface area (Å²) in [5, 5.41) is 21.9. The van der Waals surface area contributed by atoms with Gasteiger partial charge in [-0.25, -0.2) is 4.68 Å². The second-order valence-corrected chi connectivity index (χ2v) is 8.18. The van der Waals surface area contributed by atoms with Crippen LogP contribution in [0.5, 0.6) is 0 Å². The SMILES string of the molecule is Cc1c(C(=O)Nc2ccc(CN3CCCCC3C)cc2)nnn1-c1cccc([N+](=O)[O-])c1. The van der Waals surface area contributed by atoms with Crippen LogP contribution < -0.4 is 5.32 Å². The standard InChI is InChI=1S/C23H26N6O3/c1-16-6-3-4-13-27(16)15-18-9-11-19(12-10-18)24-23(30)22-17(2)28(26-25-22)20-7-5-8-21(14-20)29(31)32/h5,7-12,14,16H,3-4,6,13,15H2,1-2H3,(H,24,30). The Balaban J connectivity index is 1.44. The number of hydrogen-bond acceptors (Lipinski definition) is 6. The average molecular weight is 435 g/mol. The highest BCUT2D eigenvalue weighted by atomic mass is 16.6. The fourth-order valence-electron chi connectivity index (χ4n) is 4.03. The molecule has 9 nitrogen and oxygen atoms in total. The minimum absolute atomic E-state index is 0.0533. The smallest absolute Gasteiger partial charge is 0.278 e. The lowest BCUT2D eigenvalue weighted by molar-refractivity contribution is -0.384. The Bertz CT molecular complexity index is 1130. The van der Waals surface area contributed by atoms with Crippen LogP contribution in [0.2, 0.25) is 0 Å². The molecule has 1 saturated heterocycles. The van der Waals surface area contributed by atoms with Gasteiger partial charge < -0.3 is 5.32 Å². The van der Waals surface area contributed by atoms with Gasteiger partial charge in [0, 0.05) is 30.4 Å². The Morgan fingerprint density at radius 3 is 2.72 bits per heavy atom. The van der Waals surface area contributed by atoms with Gasteiger partial charge in [0.25, 0.3) is 11.6 Å². The molecule has 0 aliphatic carbocycles. The minimum Gasteiger partial charge on any atom is -0.321 e. The highest BCUT2D eigenvalue weighted by molar-refractivity contribution is 6.03. The van der Waals surface area contributed by atoms with Gasteiger partial charge in [-0.1, -0.05) is 29.8 Å². The van der Waals surface area contributed by atoms with E-state index in [0.717, 1.165) is 13.1 Å². The van der Waals surface area contributed by atoms with Crippen LogP contribution in [-0.2, 0) is 6.54 Å². The van der Waals surface area contributed by atoms with Crippen molar-refractivity contribution in [3.63, 3.8) is 0 Å². The zero-order valence-corrected chi connectivity index (χ0v) is 18.2. The minimum atomic E-state index is -0.473.